The van der Waals surface area contributed by atoms with Crippen LogP contribution in [0.4, 0.5) is 0 Å². The zero-order chi connectivity index (χ0) is 7.84. The van der Waals surface area contributed by atoms with Gasteiger partial charge in [-0.3, -0.25) is 0 Å². The summed E-state index contributed by atoms with van der Waals surface area (Å²) in [5, 5.41) is 0. The lowest BCUT2D eigenvalue weighted by Crippen LogP contribution is -1.85. The molecule has 0 bridgehead atoms. The zero-order valence-corrected chi connectivity index (χ0v) is 10.3. The Balaban J connectivity index is 2.39. The van der Waals surface area contributed by atoms with Gasteiger partial charge in [-0.15, -0.1) is 0 Å². The molecule has 1 fully saturated rings. The SMILES string of the molecule is Ic1ccc(C2CC2)c(I)c1. The van der Waals surface area contributed by atoms with Crippen LogP contribution in [-0.4, -0.2) is 0 Å². The van der Waals surface area contributed by atoms with Crippen LogP contribution >= 0.6 is 45.2 Å². The molecule has 2 heteroatoms. The fourth-order valence-electron chi connectivity index (χ4n) is 1.23. The average Bonchev–Trinajstić information content (AvgIpc) is 2.70. The largest absolute Gasteiger partial charge is 0.0567 e. The quantitative estimate of drug-likeness (QED) is 0.661. The maximum absolute atomic E-state index is 2.44. The van der Waals surface area contributed by atoms with Crippen molar-refractivity contribution in [3.8, 4) is 0 Å². The van der Waals surface area contributed by atoms with Crippen molar-refractivity contribution >= 4 is 45.2 Å². The van der Waals surface area contributed by atoms with E-state index in [1.165, 1.54) is 20.0 Å². The molecule has 0 N–H and O–H groups in total. The van der Waals surface area contributed by atoms with E-state index in [4.69, 9.17) is 0 Å². The normalized spacial score (nSPS) is 16.9. The molecule has 58 valence electrons. The molecule has 1 aromatic rings. The molecule has 1 saturated carbocycles. The number of halogens is 2. The highest BCUT2D eigenvalue weighted by Crippen LogP contribution is 2.42. The van der Waals surface area contributed by atoms with Crippen LogP contribution < -0.4 is 0 Å². The molecule has 1 aromatic carbocycles. The Morgan fingerprint density at radius 2 is 1.91 bits per heavy atom. The van der Waals surface area contributed by atoms with E-state index < -0.39 is 0 Å². The molecule has 0 nitrogen and oxygen atoms in total. The Morgan fingerprint density at radius 1 is 1.18 bits per heavy atom. The van der Waals surface area contributed by atoms with Crippen molar-refractivity contribution in [2.24, 2.45) is 0 Å². The van der Waals surface area contributed by atoms with Gasteiger partial charge in [-0.2, -0.15) is 0 Å². The van der Waals surface area contributed by atoms with Gasteiger partial charge in [0.05, 0.1) is 0 Å². The van der Waals surface area contributed by atoms with Crippen molar-refractivity contribution in [1.82, 2.24) is 0 Å². The third kappa shape index (κ3) is 1.88. The first-order chi connectivity index (χ1) is 5.27. The first-order valence-electron chi connectivity index (χ1n) is 3.72. The first kappa shape index (κ1) is 8.29. The summed E-state index contributed by atoms with van der Waals surface area (Å²) in [6, 6.07) is 6.74. The Kier molecular flexibility index (Phi) is 2.41. The van der Waals surface area contributed by atoms with Crippen LogP contribution in [0.2, 0.25) is 0 Å². The number of rotatable bonds is 1. The van der Waals surface area contributed by atoms with E-state index in [2.05, 4.69) is 63.4 Å². The predicted octanol–water partition coefficient (Wildman–Crippen LogP) is 3.77. The second kappa shape index (κ2) is 3.20. The van der Waals surface area contributed by atoms with Crippen LogP contribution in [0.5, 0.6) is 0 Å². The van der Waals surface area contributed by atoms with E-state index in [-0.39, 0.29) is 0 Å². The molecule has 0 aliphatic heterocycles. The van der Waals surface area contributed by atoms with Crippen LogP contribution in [0.1, 0.15) is 24.3 Å². The summed E-state index contributed by atoms with van der Waals surface area (Å²) in [6.07, 6.45) is 2.80. The summed E-state index contributed by atoms with van der Waals surface area (Å²) in [5.41, 5.74) is 1.56. The van der Waals surface area contributed by atoms with Crippen molar-refractivity contribution in [3.05, 3.63) is 30.9 Å². The van der Waals surface area contributed by atoms with Crippen molar-refractivity contribution in [2.75, 3.05) is 0 Å². The number of hydrogen-bond donors (Lipinski definition) is 0. The molecule has 0 unspecified atom stereocenters. The lowest BCUT2D eigenvalue weighted by molar-refractivity contribution is 1.11. The second-order valence-electron chi connectivity index (χ2n) is 2.94. The summed E-state index contributed by atoms with van der Waals surface area (Å²) in [5.74, 6) is 0.888. The van der Waals surface area contributed by atoms with Gasteiger partial charge in [0.2, 0.25) is 0 Å². The maximum atomic E-state index is 2.44. The summed E-state index contributed by atoms with van der Waals surface area (Å²) in [4.78, 5) is 0. The molecule has 1 aliphatic carbocycles. The summed E-state index contributed by atoms with van der Waals surface area (Å²) < 4.78 is 2.79. The monoisotopic (exact) mass is 370 g/mol. The number of benzene rings is 1. The third-order valence-electron chi connectivity index (χ3n) is 1.98. The molecule has 0 saturated heterocycles. The number of hydrogen-bond acceptors (Lipinski definition) is 0. The molecule has 0 heterocycles. The Bertz CT molecular complexity index is 277. The van der Waals surface area contributed by atoms with E-state index in [0.29, 0.717) is 0 Å². The van der Waals surface area contributed by atoms with Crippen LogP contribution in [0, 0.1) is 7.14 Å². The highest BCUT2D eigenvalue weighted by molar-refractivity contribution is 14.1. The third-order valence-corrected chi connectivity index (χ3v) is 3.58. The van der Waals surface area contributed by atoms with Crippen LogP contribution in [0.3, 0.4) is 0 Å². The summed E-state index contributed by atoms with van der Waals surface area (Å²) in [6.45, 7) is 0. The van der Waals surface area contributed by atoms with Gasteiger partial charge in [-0.05, 0) is 81.6 Å². The Morgan fingerprint density at radius 3 is 2.45 bits per heavy atom. The molecule has 0 amide bonds. The van der Waals surface area contributed by atoms with Gasteiger partial charge in [0.25, 0.3) is 0 Å². The highest BCUT2D eigenvalue weighted by Gasteiger charge is 2.25. The first-order valence-corrected chi connectivity index (χ1v) is 5.88. The van der Waals surface area contributed by atoms with Crippen LogP contribution in [0.25, 0.3) is 0 Å². The summed E-state index contributed by atoms with van der Waals surface area (Å²) in [7, 11) is 0. The Labute approximate surface area is 94.0 Å². The molecular formula is C9H8I2. The van der Waals surface area contributed by atoms with E-state index in [9.17, 15) is 0 Å². The molecule has 1 aliphatic rings. The lowest BCUT2D eigenvalue weighted by atomic mass is 10.1. The fourth-order valence-corrected chi connectivity index (χ4v) is 3.27. The van der Waals surface area contributed by atoms with Crippen molar-refractivity contribution in [1.29, 1.82) is 0 Å². The predicted molar refractivity (Wildman–Crippen MR) is 63.9 cm³/mol. The van der Waals surface area contributed by atoms with Gasteiger partial charge in [0, 0.05) is 7.14 Å². The molecule has 0 radical (unpaired) electrons. The van der Waals surface area contributed by atoms with Crippen LogP contribution in [0.15, 0.2) is 18.2 Å². The molecule has 0 aromatic heterocycles. The highest BCUT2D eigenvalue weighted by atomic mass is 127. The maximum Gasteiger partial charge on any atom is 0.0175 e. The second-order valence-corrected chi connectivity index (χ2v) is 5.35. The lowest BCUT2D eigenvalue weighted by Gasteiger charge is -2.01. The fraction of sp³-hybridized carbons (Fsp3) is 0.333. The van der Waals surface area contributed by atoms with Crippen molar-refractivity contribution in [3.63, 3.8) is 0 Å². The van der Waals surface area contributed by atoms with E-state index in [0.717, 1.165) is 5.92 Å². The van der Waals surface area contributed by atoms with Crippen molar-refractivity contribution < 1.29 is 0 Å². The standard InChI is InChI=1S/C9H8I2/c10-7-3-4-8(6-1-2-6)9(11)5-7/h3-6H,1-2H2. The molecule has 0 atom stereocenters. The zero-order valence-electron chi connectivity index (χ0n) is 5.98. The van der Waals surface area contributed by atoms with E-state index in [1.807, 2.05) is 0 Å². The average molecular weight is 370 g/mol. The molecule has 0 spiro atoms. The minimum Gasteiger partial charge on any atom is -0.0567 e. The minimum atomic E-state index is 0.888. The van der Waals surface area contributed by atoms with Gasteiger partial charge in [0.1, 0.15) is 0 Å². The van der Waals surface area contributed by atoms with Gasteiger partial charge < -0.3 is 0 Å². The molecule has 11 heavy (non-hydrogen) atoms. The molecule has 2 rings (SSSR count). The van der Waals surface area contributed by atoms with Gasteiger partial charge in [-0.1, -0.05) is 6.07 Å². The van der Waals surface area contributed by atoms with Crippen LogP contribution in [-0.2, 0) is 0 Å². The minimum absolute atomic E-state index is 0.888. The van der Waals surface area contributed by atoms with Gasteiger partial charge in [0.15, 0.2) is 0 Å². The van der Waals surface area contributed by atoms with Gasteiger partial charge >= 0.3 is 0 Å². The Hall–Kier alpha value is 0.680. The van der Waals surface area contributed by atoms with E-state index in [1.54, 1.807) is 5.56 Å². The smallest absolute Gasteiger partial charge is 0.0175 e. The topological polar surface area (TPSA) is 0 Å². The van der Waals surface area contributed by atoms with E-state index >= 15 is 0 Å². The molecular weight excluding hydrogens is 362 g/mol. The van der Waals surface area contributed by atoms with Gasteiger partial charge in [-0.25, -0.2) is 0 Å². The summed E-state index contributed by atoms with van der Waals surface area (Å²) >= 11 is 4.80. The van der Waals surface area contributed by atoms with Crippen molar-refractivity contribution in [2.45, 2.75) is 18.8 Å².